The minimum absolute atomic E-state index is 0.355. The molecule has 0 saturated carbocycles. The monoisotopic (exact) mass is 484 g/mol. The van der Waals surface area contributed by atoms with Gasteiger partial charge in [-0.2, -0.15) is 0 Å². The highest BCUT2D eigenvalue weighted by Crippen LogP contribution is 2.34. The Morgan fingerprint density at radius 3 is 2.43 bits per heavy atom. The van der Waals surface area contributed by atoms with Crippen molar-refractivity contribution in [3.05, 3.63) is 112 Å². The van der Waals surface area contributed by atoms with Gasteiger partial charge in [0, 0.05) is 25.4 Å². The van der Waals surface area contributed by atoms with E-state index in [4.69, 9.17) is 12.6 Å². The molecule has 0 bridgehead atoms. The maximum atomic E-state index is 4.89. The summed E-state index contributed by atoms with van der Waals surface area (Å²) in [7, 11) is 0. The Kier molecular flexibility index (Phi) is 4.87. The number of hydrogen-bond acceptors (Lipinski definition) is 2. The number of hydrogen-bond donors (Lipinski definition) is 1. The van der Waals surface area contributed by atoms with E-state index >= 15 is 0 Å². The van der Waals surface area contributed by atoms with E-state index in [-0.39, 0.29) is 0 Å². The summed E-state index contributed by atoms with van der Waals surface area (Å²) in [6.45, 7) is 2.14. The van der Waals surface area contributed by atoms with Gasteiger partial charge >= 0.3 is 0 Å². The van der Waals surface area contributed by atoms with E-state index < -0.39 is 0 Å². The number of aryl methyl sites for hydroxylation is 1. The van der Waals surface area contributed by atoms with Gasteiger partial charge in [0.2, 0.25) is 0 Å². The first-order valence-corrected chi connectivity index (χ1v) is 13.4. The first-order valence-electron chi connectivity index (χ1n) is 12.1. The predicted molar refractivity (Wildman–Crippen MR) is 156 cm³/mol. The van der Waals surface area contributed by atoms with Crippen LogP contribution in [-0.2, 0) is 0 Å². The van der Waals surface area contributed by atoms with E-state index in [1.807, 2.05) is 11.3 Å². The van der Waals surface area contributed by atoms with Crippen molar-refractivity contribution in [2.45, 2.75) is 24.2 Å². The standard InChI is InChI=1S/C33H24S2/c1-20-7-8-23-15-29(31(34)17-26(23)13-20)25-11-12-28-30-16-24-10-9-22(21-5-3-2-4-6-21)14-27(24)19-33(30)35-32(28)18-25/h2-10,12-19,25,34H,11H2,1H3. The zero-order valence-corrected chi connectivity index (χ0v) is 21.2. The maximum Gasteiger partial charge on any atom is 0.0361 e. The third kappa shape index (κ3) is 3.60. The van der Waals surface area contributed by atoms with Crippen molar-refractivity contribution in [3.63, 3.8) is 0 Å². The average Bonchev–Trinajstić information content (AvgIpc) is 3.23. The molecule has 7 rings (SSSR count). The number of fused-ring (bicyclic) bond motifs is 5. The minimum atomic E-state index is 0.355. The van der Waals surface area contributed by atoms with Crippen LogP contribution >= 0.6 is 24.0 Å². The largest absolute Gasteiger partial charge is 0.143 e. The smallest absolute Gasteiger partial charge is 0.0361 e. The molecule has 0 N–H and O–H groups in total. The molecule has 0 aliphatic heterocycles. The summed E-state index contributed by atoms with van der Waals surface area (Å²) in [4.78, 5) is 1.08. The van der Waals surface area contributed by atoms with Gasteiger partial charge in [-0.3, -0.25) is 0 Å². The van der Waals surface area contributed by atoms with Crippen LogP contribution < -0.4 is 9.75 Å². The molecule has 6 aromatic rings. The number of thiophene rings is 1. The molecular formula is C33H24S2. The van der Waals surface area contributed by atoms with Crippen molar-refractivity contribution in [1.29, 1.82) is 0 Å². The zero-order valence-electron chi connectivity index (χ0n) is 19.5. The maximum absolute atomic E-state index is 4.89. The van der Waals surface area contributed by atoms with Crippen LogP contribution in [0.3, 0.4) is 0 Å². The van der Waals surface area contributed by atoms with E-state index in [1.165, 1.54) is 63.6 Å². The highest BCUT2D eigenvalue weighted by atomic mass is 32.1. The minimum Gasteiger partial charge on any atom is -0.143 e. The second-order valence-corrected chi connectivity index (χ2v) is 11.2. The van der Waals surface area contributed by atoms with E-state index in [2.05, 4.69) is 110 Å². The van der Waals surface area contributed by atoms with E-state index in [0.29, 0.717) is 5.92 Å². The molecule has 0 amide bonds. The summed E-state index contributed by atoms with van der Waals surface area (Å²) in [5, 5.41) is 7.93. The van der Waals surface area contributed by atoms with Crippen LogP contribution in [0.15, 0.2) is 95.9 Å². The average molecular weight is 485 g/mol. The zero-order chi connectivity index (χ0) is 23.5. The number of thiol groups is 1. The van der Waals surface area contributed by atoms with Gasteiger partial charge in [0.05, 0.1) is 0 Å². The Bertz CT molecular complexity index is 1890. The summed E-state index contributed by atoms with van der Waals surface area (Å²) in [6, 6.07) is 33.4. The SMILES string of the molecule is Cc1ccc2cc(C3C=c4sc5cc6cc(-c7ccccc7)ccc6cc5c4=CC3)c(S)cc2c1. The second kappa shape index (κ2) is 8.12. The van der Waals surface area contributed by atoms with Crippen LogP contribution in [0.2, 0.25) is 0 Å². The van der Waals surface area contributed by atoms with Gasteiger partial charge in [-0.1, -0.05) is 78.4 Å². The Morgan fingerprint density at radius 2 is 1.54 bits per heavy atom. The summed E-state index contributed by atoms with van der Waals surface area (Å²) < 4.78 is 2.74. The lowest BCUT2D eigenvalue weighted by Crippen LogP contribution is -2.23. The van der Waals surface area contributed by atoms with E-state index in [0.717, 1.165) is 11.3 Å². The van der Waals surface area contributed by atoms with Crippen molar-refractivity contribution < 1.29 is 0 Å². The molecule has 2 heteroatoms. The molecule has 168 valence electrons. The quantitative estimate of drug-likeness (QED) is 0.235. The summed E-state index contributed by atoms with van der Waals surface area (Å²) in [5.41, 5.74) is 5.14. The number of rotatable bonds is 2. The van der Waals surface area contributed by atoms with Gasteiger partial charge in [-0.05, 0) is 87.1 Å². The van der Waals surface area contributed by atoms with Gasteiger partial charge < -0.3 is 0 Å². The van der Waals surface area contributed by atoms with Crippen LogP contribution in [0.4, 0.5) is 0 Å². The highest BCUT2D eigenvalue weighted by Gasteiger charge is 2.17. The molecule has 0 nitrogen and oxygen atoms in total. The molecule has 1 atom stereocenters. The highest BCUT2D eigenvalue weighted by molar-refractivity contribution is 7.80. The fraction of sp³-hybridized carbons (Fsp3) is 0.0909. The molecule has 0 saturated heterocycles. The van der Waals surface area contributed by atoms with Crippen LogP contribution in [0.25, 0.3) is 54.9 Å². The van der Waals surface area contributed by atoms with Crippen LogP contribution in [-0.4, -0.2) is 0 Å². The lowest BCUT2D eigenvalue weighted by molar-refractivity contribution is 0.903. The van der Waals surface area contributed by atoms with Gasteiger partial charge in [-0.15, -0.1) is 24.0 Å². The van der Waals surface area contributed by atoms with Crippen molar-refractivity contribution in [3.8, 4) is 11.1 Å². The fourth-order valence-corrected chi connectivity index (χ4v) is 7.06. The van der Waals surface area contributed by atoms with Gasteiger partial charge in [-0.25, -0.2) is 0 Å². The molecule has 5 aromatic carbocycles. The molecule has 35 heavy (non-hydrogen) atoms. The normalized spacial score (nSPS) is 15.2. The molecule has 1 aliphatic rings. The third-order valence-electron chi connectivity index (χ3n) is 7.29. The van der Waals surface area contributed by atoms with Crippen molar-refractivity contribution >= 4 is 67.7 Å². The second-order valence-electron chi connectivity index (χ2n) is 9.63. The fourth-order valence-electron chi connectivity index (χ4n) is 5.45. The molecule has 1 unspecified atom stereocenters. The van der Waals surface area contributed by atoms with Gasteiger partial charge in [0.15, 0.2) is 0 Å². The first-order chi connectivity index (χ1) is 17.1. The molecule has 0 spiro atoms. The number of benzene rings is 5. The Morgan fingerprint density at radius 1 is 0.743 bits per heavy atom. The van der Waals surface area contributed by atoms with Crippen LogP contribution in [0.1, 0.15) is 23.5 Å². The summed E-state index contributed by atoms with van der Waals surface area (Å²) in [6.07, 6.45) is 5.92. The Hall–Kier alpha value is -3.33. The Labute approximate surface area is 214 Å². The Balaban J connectivity index is 1.34. The van der Waals surface area contributed by atoms with Crippen LogP contribution in [0, 0.1) is 6.92 Å². The molecular weight excluding hydrogens is 460 g/mol. The molecule has 1 aromatic heterocycles. The van der Waals surface area contributed by atoms with Crippen LogP contribution in [0.5, 0.6) is 0 Å². The van der Waals surface area contributed by atoms with Crippen molar-refractivity contribution in [2.24, 2.45) is 0 Å². The van der Waals surface area contributed by atoms with E-state index in [1.54, 1.807) is 0 Å². The molecule has 1 heterocycles. The molecule has 0 fully saturated rings. The van der Waals surface area contributed by atoms with Crippen molar-refractivity contribution in [1.82, 2.24) is 0 Å². The lowest BCUT2D eigenvalue weighted by atomic mass is 9.90. The summed E-state index contributed by atoms with van der Waals surface area (Å²) >= 11 is 6.81. The topological polar surface area (TPSA) is 0 Å². The predicted octanol–water partition coefficient (Wildman–Crippen LogP) is 8.22. The van der Waals surface area contributed by atoms with Crippen molar-refractivity contribution in [2.75, 3.05) is 0 Å². The van der Waals surface area contributed by atoms with Gasteiger partial charge in [0.1, 0.15) is 0 Å². The first kappa shape index (κ1) is 21.0. The molecule has 0 radical (unpaired) electrons. The molecule has 1 aliphatic carbocycles. The van der Waals surface area contributed by atoms with E-state index in [9.17, 15) is 0 Å². The van der Waals surface area contributed by atoms with Gasteiger partial charge in [0.25, 0.3) is 0 Å². The third-order valence-corrected chi connectivity index (χ3v) is 8.81. The lowest BCUT2D eigenvalue weighted by Gasteiger charge is -2.17. The summed E-state index contributed by atoms with van der Waals surface area (Å²) in [5.74, 6) is 0.355.